The van der Waals surface area contributed by atoms with Gasteiger partial charge in [-0.15, -0.1) is 0 Å². The number of halogens is 1. The molecule has 1 unspecified atom stereocenters. The van der Waals surface area contributed by atoms with Gasteiger partial charge in [0.1, 0.15) is 5.67 Å². The van der Waals surface area contributed by atoms with Crippen LogP contribution in [0.3, 0.4) is 0 Å². The van der Waals surface area contributed by atoms with Crippen LogP contribution in [-0.4, -0.2) is 32.0 Å². The normalized spacial score (nSPS) is 32.2. The van der Waals surface area contributed by atoms with Crippen LogP contribution in [0, 0.1) is 0 Å². The molecule has 11 heavy (non-hydrogen) atoms. The lowest BCUT2D eigenvalue weighted by atomic mass is 9.97. The Bertz CT molecular complexity index is 113. The zero-order valence-electron chi connectivity index (χ0n) is 7.03. The van der Waals surface area contributed by atoms with E-state index in [9.17, 15) is 4.39 Å². The van der Waals surface area contributed by atoms with Gasteiger partial charge in [-0.2, -0.15) is 0 Å². The Morgan fingerprint density at radius 1 is 1.64 bits per heavy atom. The summed E-state index contributed by atoms with van der Waals surface area (Å²) < 4.78 is 18.6. The molecule has 0 amide bonds. The van der Waals surface area contributed by atoms with Crippen LogP contribution in [0.2, 0.25) is 0 Å². The second-order valence-electron chi connectivity index (χ2n) is 3.07. The van der Waals surface area contributed by atoms with Crippen molar-refractivity contribution >= 4 is 0 Å². The number of alkyl halides is 1. The summed E-state index contributed by atoms with van der Waals surface area (Å²) in [6.45, 7) is 4.13. The average Bonchev–Trinajstić information content (AvgIpc) is 2.03. The molecule has 0 saturated carbocycles. The summed E-state index contributed by atoms with van der Waals surface area (Å²) in [6, 6.07) is 0. The van der Waals surface area contributed by atoms with Gasteiger partial charge in [-0.25, -0.2) is 4.39 Å². The Hall–Kier alpha value is -0.150. The molecule has 2 nitrogen and oxygen atoms in total. The van der Waals surface area contributed by atoms with Gasteiger partial charge in [0, 0.05) is 13.2 Å². The van der Waals surface area contributed by atoms with Gasteiger partial charge in [0.2, 0.25) is 0 Å². The van der Waals surface area contributed by atoms with Crippen LogP contribution in [0.15, 0.2) is 0 Å². The van der Waals surface area contributed by atoms with E-state index >= 15 is 0 Å². The molecule has 0 radical (unpaired) electrons. The first kappa shape index (κ1) is 8.94. The minimum absolute atomic E-state index is 0.247. The first-order valence-electron chi connectivity index (χ1n) is 4.24. The van der Waals surface area contributed by atoms with Gasteiger partial charge in [0.15, 0.2) is 0 Å². The summed E-state index contributed by atoms with van der Waals surface area (Å²) in [5.74, 6) is 0. The van der Waals surface area contributed by atoms with E-state index < -0.39 is 5.67 Å². The van der Waals surface area contributed by atoms with Gasteiger partial charge in [-0.3, -0.25) is 0 Å². The molecular weight excluding hydrogens is 145 g/mol. The number of ether oxygens (including phenoxy) is 1. The number of hydrogen-bond donors (Lipinski definition) is 1. The molecule has 1 N–H and O–H groups in total. The maximum Gasteiger partial charge on any atom is 0.146 e. The Labute approximate surface area is 67.1 Å². The molecule has 0 aromatic heterocycles. The molecule has 0 aromatic rings. The highest BCUT2D eigenvalue weighted by atomic mass is 19.1. The molecule has 1 saturated heterocycles. The molecule has 0 spiro atoms. The molecule has 1 rings (SSSR count). The average molecular weight is 161 g/mol. The van der Waals surface area contributed by atoms with E-state index in [4.69, 9.17) is 4.74 Å². The zero-order valence-corrected chi connectivity index (χ0v) is 7.03. The molecule has 1 atom stereocenters. The van der Waals surface area contributed by atoms with Crippen molar-refractivity contribution < 1.29 is 9.13 Å². The third-order valence-electron chi connectivity index (χ3n) is 1.99. The van der Waals surface area contributed by atoms with Crippen molar-refractivity contribution in [3.8, 4) is 0 Å². The lowest BCUT2D eigenvalue weighted by Crippen LogP contribution is -2.45. The lowest BCUT2D eigenvalue weighted by Gasteiger charge is -2.29. The summed E-state index contributed by atoms with van der Waals surface area (Å²) in [6.07, 6.45) is 1.56. The van der Waals surface area contributed by atoms with Crippen LogP contribution < -0.4 is 5.32 Å². The zero-order chi connectivity index (χ0) is 8.16. The summed E-state index contributed by atoms with van der Waals surface area (Å²) >= 11 is 0. The Kier molecular flexibility index (Phi) is 3.27. The Morgan fingerprint density at radius 2 is 2.45 bits per heavy atom. The summed E-state index contributed by atoms with van der Waals surface area (Å²) in [5, 5.41) is 3.03. The number of piperidine rings is 1. The van der Waals surface area contributed by atoms with Crippen molar-refractivity contribution in [2.24, 2.45) is 0 Å². The fraction of sp³-hybridized carbons (Fsp3) is 1.00. The third kappa shape index (κ3) is 2.75. The van der Waals surface area contributed by atoms with Crippen molar-refractivity contribution in [3.63, 3.8) is 0 Å². The van der Waals surface area contributed by atoms with Crippen LogP contribution >= 0.6 is 0 Å². The van der Waals surface area contributed by atoms with Gasteiger partial charge in [0.25, 0.3) is 0 Å². The SMILES string of the molecule is CCOCC1(F)CCCNC1. The largest absolute Gasteiger partial charge is 0.378 e. The summed E-state index contributed by atoms with van der Waals surface area (Å²) in [5.41, 5.74) is -1.10. The van der Waals surface area contributed by atoms with Crippen LogP contribution in [0.1, 0.15) is 19.8 Å². The summed E-state index contributed by atoms with van der Waals surface area (Å²) in [4.78, 5) is 0. The molecule has 0 aliphatic carbocycles. The Balaban J connectivity index is 2.25. The standard InChI is InChI=1S/C8H16FNO/c1-2-11-7-8(9)4-3-5-10-6-8/h10H,2-7H2,1H3. The molecule has 1 aliphatic rings. The van der Waals surface area contributed by atoms with Gasteiger partial charge in [0.05, 0.1) is 6.61 Å². The van der Waals surface area contributed by atoms with Gasteiger partial charge in [-0.05, 0) is 26.3 Å². The molecule has 1 aliphatic heterocycles. The second kappa shape index (κ2) is 4.02. The number of rotatable bonds is 3. The minimum atomic E-state index is -1.10. The van der Waals surface area contributed by atoms with E-state index in [1.165, 1.54) is 0 Å². The van der Waals surface area contributed by atoms with E-state index in [2.05, 4.69) is 5.32 Å². The van der Waals surface area contributed by atoms with Crippen molar-refractivity contribution in [1.29, 1.82) is 0 Å². The van der Waals surface area contributed by atoms with E-state index in [1.54, 1.807) is 0 Å². The van der Waals surface area contributed by atoms with Crippen molar-refractivity contribution in [2.45, 2.75) is 25.4 Å². The monoisotopic (exact) mass is 161 g/mol. The molecular formula is C8H16FNO. The van der Waals surface area contributed by atoms with Gasteiger partial charge >= 0.3 is 0 Å². The van der Waals surface area contributed by atoms with Crippen LogP contribution in [0.25, 0.3) is 0 Å². The first-order chi connectivity index (χ1) is 5.27. The molecule has 3 heteroatoms. The van der Waals surface area contributed by atoms with E-state index in [-0.39, 0.29) is 6.61 Å². The predicted molar refractivity (Wildman–Crippen MR) is 42.4 cm³/mol. The third-order valence-corrected chi connectivity index (χ3v) is 1.99. The maximum atomic E-state index is 13.6. The fourth-order valence-corrected chi connectivity index (χ4v) is 1.34. The molecule has 1 heterocycles. The molecule has 1 fully saturated rings. The number of hydrogen-bond acceptors (Lipinski definition) is 2. The highest BCUT2D eigenvalue weighted by Gasteiger charge is 2.31. The summed E-state index contributed by atoms with van der Waals surface area (Å²) in [7, 11) is 0. The van der Waals surface area contributed by atoms with Crippen molar-refractivity contribution in [1.82, 2.24) is 5.32 Å². The second-order valence-corrected chi connectivity index (χ2v) is 3.07. The van der Waals surface area contributed by atoms with Crippen molar-refractivity contribution in [3.05, 3.63) is 0 Å². The van der Waals surface area contributed by atoms with E-state index in [1.807, 2.05) is 6.92 Å². The topological polar surface area (TPSA) is 21.3 Å². The number of nitrogens with one attached hydrogen (secondary N) is 1. The van der Waals surface area contributed by atoms with Crippen molar-refractivity contribution in [2.75, 3.05) is 26.3 Å². The van der Waals surface area contributed by atoms with E-state index in [0.717, 1.165) is 13.0 Å². The molecule has 66 valence electrons. The fourth-order valence-electron chi connectivity index (χ4n) is 1.34. The van der Waals surface area contributed by atoms with Crippen LogP contribution in [-0.2, 0) is 4.74 Å². The van der Waals surface area contributed by atoms with Gasteiger partial charge in [-0.1, -0.05) is 0 Å². The smallest absolute Gasteiger partial charge is 0.146 e. The Morgan fingerprint density at radius 3 is 3.00 bits per heavy atom. The van der Waals surface area contributed by atoms with Crippen LogP contribution in [0.5, 0.6) is 0 Å². The predicted octanol–water partition coefficient (Wildman–Crippen LogP) is 1.11. The highest BCUT2D eigenvalue weighted by Crippen LogP contribution is 2.20. The quantitative estimate of drug-likeness (QED) is 0.669. The highest BCUT2D eigenvalue weighted by molar-refractivity contribution is 4.85. The van der Waals surface area contributed by atoms with E-state index in [0.29, 0.717) is 19.6 Å². The van der Waals surface area contributed by atoms with Gasteiger partial charge < -0.3 is 10.1 Å². The maximum absolute atomic E-state index is 13.6. The first-order valence-corrected chi connectivity index (χ1v) is 4.24. The molecule has 0 bridgehead atoms. The minimum Gasteiger partial charge on any atom is -0.378 e. The van der Waals surface area contributed by atoms with Crippen LogP contribution in [0.4, 0.5) is 4.39 Å². The lowest BCUT2D eigenvalue weighted by molar-refractivity contribution is 0.00506. The molecule has 0 aromatic carbocycles.